The molecule has 0 unspecified atom stereocenters. The predicted octanol–water partition coefficient (Wildman–Crippen LogP) is 3.06. The molecule has 164 valence electrons. The molecular formula is C25H26N4O3. The lowest BCUT2D eigenvalue weighted by atomic mass is 10.2. The summed E-state index contributed by atoms with van der Waals surface area (Å²) in [5, 5.41) is 2.90. The van der Waals surface area contributed by atoms with Gasteiger partial charge in [0.05, 0.1) is 6.54 Å². The number of amides is 2. The molecule has 2 amide bonds. The van der Waals surface area contributed by atoms with Crippen LogP contribution in [0.3, 0.4) is 0 Å². The van der Waals surface area contributed by atoms with Gasteiger partial charge in [0.25, 0.3) is 5.91 Å². The number of nitrogens with one attached hydrogen (secondary N) is 1. The molecule has 0 bridgehead atoms. The minimum atomic E-state index is -0.0506. The van der Waals surface area contributed by atoms with Gasteiger partial charge < -0.3 is 15.0 Å². The topological polar surface area (TPSA) is 74.8 Å². The molecule has 1 aliphatic heterocycles. The lowest BCUT2D eigenvalue weighted by molar-refractivity contribution is -0.117. The molecule has 7 heteroatoms. The highest BCUT2D eigenvalue weighted by atomic mass is 16.5. The van der Waals surface area contributed by atoms with Crippen LogP contribution in [0.15, 0.2) is 79.0 Å². The van der Waals surface area contributed by atoms with Crippen LogP contribution >= 0.6 is 0 Å². The van der Waals surface area contributed by atoms with E-state index in [-0.39, 0.29) is 11.8 Å². The monoisotopic (exact) mass is 430 g/mol. The van der Waals surface area contributed by atoms with Gasteiger partial charge in [0, 0.05) is 49.7 Å². The number of carbonyl (C=O) groups excluding carboxylic acids is 2. The zero-order valence-corrected chi connectivity index (χ0v) is 17.8. The lowest BCUT2D eigenvalue weighted by Gasteiger charge is -2.34. The molecule has 1 aromatic heterocycles. The maximum atomic E-state index is 12.9. The number of nitrogens with zero attached hydrogens (tertiary/aromatic N) is 3. The van der Waals surface area contributed by atoms with Crippen molar-refractivity contribution in [1.29, 1.82) is 0 Å². The van der Waals surface area contributed by atoms with E-state index in [2.05, 4.69) is 15.2 Å². The van der Waals surface area contributed by atoms with Gasteiger partial charge in [-0.2, -0.15) is 0 Å². The van der Waals surface area contributed by atoms with Gasteiger partial charge in [0.1, 0.15) is 6.61 Å². The Kier molecular flexibility index (Phi) is 7.09. The molecule has 1 N–H and O–H groups in total. The number of benzene rings is 2. The van der Waals surface area contributed by atoms with Crippen molar-refractivity contribution in [2.75, 3.05) is 38.0 Å². The molecule has 0 radical (unpaired) electrons. The van der Waals surface area contributed by atoms with Crippen molar-refractivity contribution in [2.45, 2.75) is 6.61 Å². The molecule has 4 rings (SSSR count). The van der Waals surface area contributed by atoms with Crippen molar-refractivity contribution in [1.82, 2.24) is 14.8 Å². The highest BCUT2D eigenvalue weighted by molar-refractivity contribution is 5.94. The van der Waals surface area contributed by atoms with E-state index in [1.165, 1.54) is 0 Å². The number of hydrogen-bond acceptors (Lipinski definition) is 5. The van der Waals surface area contributed by atoms with Gasteiger partial charge in [-0.1, -0.05) is 48.5 Å². The molecule has 0 spiro atoms. The van der Waals surface area contributed by atoms with E-state index in [0.717, 1.165) is 11.3 Å². The van der Waals surface area contributed by atoms with Gasteiger partial charge in [-0.3, -0.25) is 14.5 Å². The van der Waals surface area contributed by atoms with Gasteiger partial charge in [-0.25, -0.2) is 4.98 Å². The number of pyridine rings is 1. The summed E-state index contributed by atoms with van der Waals surface area (Å²) in [6, 6.07) is 22.6. The maximum Gasteiger partial charge on any atom is 0.254 e. The van der Waals surface area contributed by atoms with Gasteiger partial charge in [0.2, 0.25) is 11.8 Å². The van der Waals surface area contributed by atoms with Crippen molar-refractivity contribution in [2.24, 2.45) is 0 Å². The summed E-state index contributed by atoms with van der Waals surface area (Å²) in [6.07, 6.45) is 1.59. The molecule has 2 heterocycles. The summed E-state index contributed by atoms with van der Waals surface area (Å²) < 4.78 is 5.75. The van der Waals surface area contributed by atoms with Crippen molar-refractivity contribution >= 4 is 17.5 Å². The van der Waals surface area contributed by atoms with E-state index in [1.54, 1.807) is 18.3 Å². The van der Waals surface area contributed by atoms with E-state index in [9.17, 15) is 9.59 Å². The zero-order valence-electron chi connectivity index (χ0n) is 17.8. The Hall–Kier alpha value is -3.71. The van der Waals surface area contributed by atoms with Crippen molar-refractivity contribution in [3.63, 3.8) is 0 Å². The minimum Gasteiger partial charge on any atom is -0.473 e. The van der Waals surface area contributed by atoms with E-state index >= 15 is 0 Å². The normalized spacial score (nSPS) is 14.1. The molecule has 32 heavy (non-hydrogen) atoms. The summed E-state index contributed by atoms with van der Waals surface area (Å²) in [5.74, 6) is 0.326. The second kappa shape index (κ2) is 10.5. The number of anilines is 1. The quantitative estimate of drug-likeness (QED) is 0.624. The fraction of sp³-hybridized carbons (Fsp3) is 0.240. The Morgan fingerprint density at radius 2 is 1.59 bits per heavy atom. The molecule has 1 saturated heterocycles. The van der Waals surface area contributed by atoms with E-state index in [1.807, 2.05) is 65.6 Å². The molecule has 1 aliphatic rings. The average molecular weight is 431 g/mol. The largest absolute Gasteiger partial charge is 0.473 e. The first-order valence-corrected chi connectivity index (χ1v) is 10.7. The van der Waals surface area contributed by atoms with Crippen LogP contribution in [0.1, 0.15) is 15.9 Å². The highest BCUT2D eigenvalue weighted by Crippen LogP contribution is 2.15. The summed E-state index contributed by atoms with van der Waals surface area (Å²) >= 11 is 0. The average Bonchev–Trinajstić information content (AvgIpc) is 2.84. The van der Waals surface area contributed by atoms with Crippen molar-refractivity contribution < 1.29 is 14.3 Å². The van der Waals surface area contributed by atoms with Crippen molar-refractivity contribution in [3.05, 3.63) is 90.1 Å². The smallest absolute Gasteiger partial charge is 0.254 e. The van der Waals surface area contributed by atoms with E-state index in [0.29, 0.717) is 50.8 Å². The molecule has 2 aromatic carbocycles. The first kappa shape index (κ1) is 21.5. The summed E-state index contributed by atoms with van der Waals surface area (Å²) in [7, 11) is 0. The second-order valence-electron chi connectivity index (χ2n) is 7.64. The third-order valence-corrected chi connectivity index (χ3v) is 5.30. The number of aromatic nitrogens is 1. The maximum absolute atomic E-state index is 12.9. The summed E-state index contributed by atoms with van der Waals surface area (Å²) in [5.41, 5.74) is 2.38. The predicted molar refractivity (Wildman–Crippen MR) is 122 cm³/mol. The number of rotatable bonds is 7. The molecule has 1 fully saturated rings. The van der Waals surface area contributed by atoms with Crippen molar-refractivity contribution in [3.8, 4) is 5.88 Å². The van der Waals surface area contributed by atoms with Crippen LogP contribution in [0, 0.1) is 0 Å². The third kappa shape index (κ3) is 5.92. The Bertz CT molecular complexity index is 1040. The Morgan fingerprint density at radius 3 is 2.31 bits per heavy atom. The molecule has 7 nitrogen and oxygen atoms in total. The van der Waals surface area contributed by atoms with Crippen LogP contribution in [0.25, 0.3) is 0 Å². The van der Waals surface area contributed by atoms with Crippen LogP contribution in [0.4, 0.5) is 5.69 Å². The van der Waals surface area contributed by atoms with Gasteiger partial charge >= 0.3 is 0 Å². The van der Waals surface area contributed by atoms with Gasteiger partial charge in [-0.05, 0) is 23.8 Å². The number of piperazine rings is 1. The zero-order chi connectivity index (χ0) is 22.2. The summed E-state index contributed by atoms with van der Waals surface area (Å²) in [6.45, 7) is 3.14. The fourth-order valence-electron chi connectivity index (χ4n) is 3.57. The van der Waals surface area contributed by atoms with E-state index < -0.39 is 0 Å². The first-order chi connectivity index (χ1) is 15.7. The van der Waals surface area contributed by atoms with Crippen LogP contribution in [0.2, 0.25) is 0 Å². The van der Waals surface area contributed by atoms with Gasteiger partial charge in [-0.15, -0.1) is 0 Å². The molecule has 3 aromatic rings. The Balaban J connectivity index is 1.26. The number of ether oxygens (including phenoxy) is 1. The highest BCUT2D eigenvalue weighted by Gasteiger charge is 2.23. The Morgan fingerprint density at radius 1 is 0.906 bits per heavy atom. The Labute approximate surface area is 187 Å². The van der Waals surface area contributed by atoms with E-state index in [4.69, 9.17) is 4.74 Å². The lowest BCUT2D eigenvalue weighted by Crippen LogP contribution is -2.50. The molecule has 0 aliphatic carbocycles. The number of hydrogen-bond donors (Lipinski definition) is 1. The first-order valence-electron chi connectivity index (χ1n) is 10.7. The fourth-order valence-corrected chi connectivity index (χ4v) is 3.57. The molecule has 0 saturated carbocycles. The third-order valence-electron chi connectivity index (χ3n) is 5.30. The number of carbonyl (C=O) groups is 2. The standard InChI is InChI=1S/C25H26N4O3/c30-23(27-22-9-5-2-6-10-22)18-28-13-15-29(16-14-28)25(31)21-11-12-26-24(17-21)32-19-20-7-3-1-4-8-20/h1-12,17H,13-16,18-19H2,(H,27,30). The second-order valence-corrected chi connectivity index (χ2v) is 7.64. The summed E-state index contributed by atoms with van der Waals surface area (Å²) in [4.78, 5) is 33.3. The number of para-hydroxylation sites is 1. The molecule has 0 atom stereocenters. The van der Waals surface area contributed by atoms with Crippen LogP contribution in [-0.2, 0) is 11.4 Å². The minimum absolute atomic E-state index is 0.0506. The van der Waals surface area contributed by atoms with Crippen LogP contribution in [-0.4, -0.2) is 59.3 Å². The SMILES string of the molecule is O=C(CN1CCN(C(=O)c2ccnc(OCc3ccccc3)c2)CC1)Nc1ccccc1. The van der Waals surface area contributed by atoms with Crippen LogP contribution in [0.5, 0.6) is 5.88 Å². The molecular weight excluding hydrogens is 404 g/mol. The van der Waals surface area contributed by atoms with Crippen LogP contribution < -0.4 is 10.1 Å². The van der Waals surface area contributed by atoms with Gasteiger partial charge in [0.15, 0.2) is 0 Å².